The average molecular weight is 395 g/mol. The minimum atomic E-state index is 0.157. The Bertz CT molecular complexity index is 767. The number of carbonyl (C=O) groups excluding carboxylic acids is 1. The SMILES string of the molecule is CCCN(Cc1cccc(OC(C)C)c1)C1CCN(C(=O)c2ccccc2)CC1. The summed E-state index contributed by atoms with van der Waals surface area (Å²) in [6, 6.07) is 18.6. The third-order valence-electron chi connectivity index (χ3n) is 5.46. The normalized spacial score (nSPS) is 15.1. The van der Waals surface area contributed by atoms with E-state index in [1.165, 1.54) is 5.56 Å². The standard InChI is InChI=1S/C25H34N2O2/c1-4-15-27(19-21-9-8-12-24(18-21)29-20(2)3)23-13-16-26(17-14-23)25(28)22-10-6-5-7-11-22/h5-12,18,20,23H,4,13-17,19H2,1-3H3. The first-order valence-corrected chi connectivity index (χ1v) is 10.9. The lowest BCUT2D eigenvalue weighted by Gasteiger charge is -2.38. The minimum Gasteiger partial charge on any atom is -0.491 e. The number of likely N-dealkylation sites (tertiary alicyclic amines) is 1. The Kier molecular flexibility index (Phi) is 7.70. The summed E-state index contributed by atoms with van der Waals surface area (Å²) in [5, 5.41) is 0. The van der Waals surface area contributed by atoms with Crippen molar-refractivity contribution in [1.29, 1.82) is 0 Å². The van der Waals surface area contributed by atoms with Crippen LogP contribution in [-0.4, -0.2) is 47.5 Å². The van der Waals surface area contributed by atoms with Crippen LogP contribution in [-0.2, 0) is 6.54 Å². The molecule has 0 saturated carbocycles. The van der Waals surface area contributed by atoms with Crippen molar-refractivity contribution in [2.24, 2.45) is 0 Å². The molecule has 0 aromatic heterocycles. The fourth-order valence-electron chi connectivity index (χ4n) is 4.10. The van der Waals surface area contributed by atoms with Crippen LogP contribution in [0.5, 0.6) is 5.75 Å². The Morgan fingerprint density at radius 2 is 1.83 bits per heavy atom. The Morgan fingerprint density at radius 3 is 2.48 bits per heavy atom. The summed E-state index contributed by atoms with van der Waals surface area (Å²) in [4.78, 5) is 17.3. The van der Waals surface area contributed by atoms with Crippen LogP contribution in [0.1, 0.15) is 56.0 Å². The van der Waals surface area contributed by atoms with Gasteiger partial charge in [0, 0.05) is 31.2 Å². The predicted octanol–water partition coefficient (Wildman–Crippen LogP) is 4.99. The van der Waals surface area contributed by atoms with Gasteiger partial charge in [0.15, 0.2) is 0 Å². The fourth-order valence-corrected chi connectivity index (χ4v) is 4.10. The summed E-state index contributed by atoms with van der Waals surface area (Å²) in [5.74, 6) is 1.10. The molecule has 4 heteroatoms. The van der Waals surface area contributed by atoms with Crippen molar-refractivity contribution in [3.8, 4) is 5.75 Å². The van der Waals surface area contributed by atoms with Gasteiger partial charge in [-0.25, -0.2) is 0 Å². The molecule has 2 aromatic rings. The van der Waals surface area contributed by atoms with Crippen molar-refractivity contribution in [2.75, 3.05) is 19.6 Å². The van der Waals surface area contributed by atoms with E-state index in [0.717, 1.165) is 56.8 Å². The Hall–Kier alpha value is -2.33. The van der Waals surface area contributed by atoms with Gasteiger partial charge in [-0.3, -0.25) is 9.69 Å². The summed E-state index contributed by atoms with van der Waals surface area (Å²) >= 11 is 0. The van der Waals surface area contributed by atoms with E-state index < -0.39 is 0 Å². The number of rotatable bonds is 8. The molecule has 1 saturated heterocycles. The number of ether oxygens (including phenoxy) is 1. The highest BCUT2D eigenvalue weighted by Crippen LogP contribution is 2.23. The summed E-state index contributed by atoms with van der Waals surface area (Å²) in [5.41, 5.74) is 2.08. The number of benzene rings is 2. The smallest absolute Gasteiger partial charge is 0.253 e. The molecule has 0 radical (unpaired) electrons. The van der Waals surface area contributed by atoms with E-state index in [1.807, 2.05) is 41.3 Å². The van der Waals surface area contributed by atoms with Gasteiger partial charge in [-0.05, 0) is 69.5 Å². The topological polar surface area (TPSA) is 32.8 Å². The van der Waals surface area contributed by atoms with E-state index in [1.54, 1.807) is 0 Å². The van der Waals surface area contributed by atoms with Crippen LogP contribution in [0, 0.1) is 0 Å². The molecule has 3 rings (SSSR count). The highest BCUT2D eigenvalue weighted by atomic mass is 16.5. The van der Waals surface area contributed by atoms with E-state index in [-0.39, 0.29) is 12.0 Å². The molecule has 1 heterocycles. The largest absolute Gasteiger partial charge is 0.491 e. The minimum absolute atomic E-state index is 0.157. The molecule has 1 aliphatic heterocycles. The van der Waals surface area contributed by atoms with Crippen LogP contribution in [0.2, 0.25) is 0 Å². The van der Waals surface area contributed by atoms with Crippen LogP contribution >= 0.6 is 0 Å². The van der Waals surface area contributed by atoms with Crippen molar-refractivity contribution in [3.05, 3.63) is 65.7 Å². The highest BCUT2D eigenvalue weighted by molar-refractivity contribution is 5.94. The van der Waals surface area contributed by atoms with E-state index in [2.05, 4.69) is 43.9 Å². The second-order valence-corrected chi connectivity index (χ2v) is 8.17. The van der Waals surface area contributed by atoms with Crippen molar-refractivity contribution in [3.63, 3.8) is 0 Å². The van der Waals surface area contributed by atoms with E-state index in [9.17, 15) is 4.79 Å². The Morgan fingerprint density at radius 1 is 1.10 bits per heavy atom. The van der Waals surface area contributed by atoms with Crippen LogP contribution < -0.4 is 4.74 Å². The molecule has 4 nitrogen and oxygen atoms in total. The first kappa shape index (κ1) is 21.4. The van der Waals surface area contributed by atoms with Gasteiger partial charge in [0.2, 0.25) is 0 Å². The van der Waals surface area contributed by atoms with Crippen LogP contribution in [0.4, 0.5) is 0 Å². The van der Waals surface area contributed by atoms with Gasteiger partial charge in [0.1, 0.15) is 5.75 Å². The molecule has 1 amide bonds. The van der Waals surface area contributed by atoms with Gasteiger partial charge in [-0.15, -0.1) is 0 Å². The van der Waals surface area contributed by atoms with Crippen LogP contribution in [0.3, 0.4) is 0 Å². The number of hydrogen-bond donors (Lipinski definition) is 0. The summed E-state index contributed by atoms with van der Waals surface area (Å²) in [6.07, 6.45) is 3.37. The lowest BCUT2D eigenvalue weighted by Crippen LogP contribution is -2.46. The zero-order valence-corrected chi connectivity index (χ0v) is 18.0. The number of amides is 1. The second kappa shape index (κ2) is 10.4. The molecular weight excluding hydrogens is 360 g/mol. The molecule has 0 aliphatic carbocycles. The second-order valence-electron chi connectivity index (χ2n) is 8.17. The number of hydrogen-bond acceptors (Lipinski definition) is 3. The predicted molar refractivity (Wildman–Crippen MR) is 118 cm³/mol. The Labute approximate surface area is 175 Å². The van der Waals surface area contributed by atoms with Gasteiger partial charge in [0.05, 0.1) is 6.10 Å². The molecule has 0 bridgehead atoms. The zero-order valence-electron chi connectivity index (χ0n) is 18.0. The van der Waals surface area contributed by atoms with Gasteiger partial charge in [-0.2, -0.15) is 0 Å². The third kappa shape index (κ3) is 6.07. The summed E-state index contributed by atoms with van der Waals surface area (Å²) in [7, 11) is 0. The monoisotopic (exact) mass is 394 g/mol. The van der Waals surface area contributed by atoms with Crippen molar-refractivity contribution >= 4 is 5.91 Å². The quantitative estimate of drug-likeness (QED) is 0.632. The molecule has 156 valence electrons. The molecule has 1 aliphatic rings. The van der Waals surface area contributed by atoms with E-state index in [4.69, 9.17) is 4.74 Å². The first-order valence-electron chi connectivity index (χ1n) is 10.9. The molecule has 29 heavy (non-hydrogen) atoms. The summed E-state index contributed by atoms with van der Waals surface area (Å²) < 4.78 is 5.86. The van der Waals surface area contributed by atoms with Gasteiger partial charge < -0.3 is 9.64 Å². The maximum atomic E-state index is 12.7. The van der Waals surface area contributed by atoms with Crippen LogP contribution in [0.25, 0.3) is 0 Å². The van der Waals surface area contributed by atoms with Crippen molar-refractivity contribution < 1.29 is 9.53 Å². The van der Waals surface area contributed by atoms with Gasteiger partial charge in [0.25, 0.3) is 5.91 Å². The van der Waals surface area contributed by atoms with Crippen LogP contribution in [0.15, 0.2) is 54.6 Å². The Balaban J connectivity index is 1.60. The maximum absolute atomic E-state index is 12.7. The van der Waals surface area contributed by atoms with E-state index >= 15 is 0 Å². The highest BCUT2D eigenvalue weighted by Gasteiger charge is 2.27. The van der Waals surface area contributed by atoms with Gasteiger partial charge in [-0.1, -0.05) is 37.3 Å². The third-order valence-corrected chi connectivity index (χ3v) is 5.46. The molecule has 2 aromatic carbocycles. The maximum Gasteiger partial charge on any atom is 0.253 e. The number of nitrogens with zero attached hydrogens (tertiary/aromatic N) is 2. The van der Waals surface area contributed by atoms with Crippen molar-refractivity contribution in [1.82, 2.24) is 9.80 Å². The first-order chi connectivity index (χ1) is 14.1. The lowest BCUT2D eigenvalue weighted by atomic mass is 10.0. The molecular formula is C25H34N2O2. The zero-order chi connectivity index (χ0) is 20.6. The van der Waals surface area contributed by atoms with E-state index in [0.29, 0.717) is 6.04 Å². The summed E-state index contributed by atoms with van der Waals surface area (Å²) in [6.45, 7) is 10.0. The number of piperidine rings is 1. The number of carbonyl (C=O) groups is 1. The molecule has 0 atom stereocenters. The average Bonchev–Trinajstić information content (AvgIpc) is 2.73. The lowest BCUT2D eigenvalue weighted by molar-refractivity contribution is 0.0607. The molecule has 0 spiro atoms. The molecule has 0 N–H and O–H groups in total. The molecule has 1 fully saturated rings. The van der Waals surface area contributed by atoms with Crippen molar-refractivity contribution in [2.45, 2.75) is 58.7 Å². The van der Waals surface area contributed by atoms with Gasteiger partial charge >= 0.3 is 0 Å². The molecule has 0 unspecified atom stereocenters. The fraction of sp³-hybridized carbons (Fsp3) is 0.480.